The van der Waals surface area contributed by atoms with Crippen LogP contribution in [0.1, 0.15) is 78.1 Å². The molecule has 7 aromatic rings. The first kappa shape index (κ1) is 33.2. The lowest BCUT2D eigenvalue weighted by Gasteiger charge is -2.36. The highest BCUT2D eigenvalue weighted by Crippen LogP contribution is 2.62. The summed E-state index contributed by atoms with van der Waals surface area (Å²) in [7, 11) is 0. The lowest BCUT2D eigenvalue weighted by Crippen LogP contribution is -2.28. The zero-order chi connectivity index (χ0) is 37.8. The number of hydrogen-bond donors (Lipinski definition) is 0. The molecule has 0 N–H and O–H groups in total. The highest BCUT2D eigenvalue weighted by Gasteiger charge is 2.49. The van der Waals surface area contributed by atoms with Crippen molar-refractivity contribution in [2.24, 2.45) is 5.92 Å². The Hall–Kier alpha value is -6.18. The van der Waals surface area contributed by atoms with Crippen LogP contribution in [-0.2, 0) is 16.2 Å². The standard InChI is InChI=1S/C55H45N/c1-53(2)44-27-14-11-23-39(44)41-34-33-38(35-48(41)53)56(50-32-17-26-42-40-24-12-15-28-45(40)54(3,4)52(42)50)49-31-18-30-47-51(49)43-25-13-16-29-46(43)55(47,36-19-7-5-8-20-36)37-21-9-6-10-22-37/h5-35,40,45H,1-4H3. The molecule has 0 fully saturated rings. The summed E-state index contributed by atoms with van der Waals surface area (Å²) in [6.07, 6.45) is 9.36. The Labute approximate surface area is 331 Å². The minimum atomic E-state index is -0.486. The van der Waals surface area contributed by atoms with Gasteiger partial charge >= 0.3 is 0 Å². The number of hydrogen-bond acceptors (Lipinski definition) is 1. The van der Waals surface area contributed by atoms with Gasteiger partial charge in [0.05, 0.1) is 16.8 Å². The molecular formula is C55H45N. The van der Waals surface area contributed by atoms with E-state index < -0.39 is 5.41 Å². The Morgan fingerprint density at radius 1 is 0.464 bits per heavy atom. The fourth-order valence-electron chi connectivity index (χ4n) is 11.4. The Balaban J connectivity index is 1.24. The van der Waals surface area contributed by atoms with E-state index >= 15 is 0 Å². The van der Waals surface area contributed by atoms with Crippen LogP contribution < -0.4 is 4.90 Å². The normalized spacial score (nSPS) is 19.4. The number of benzene rings is 7. The van der Waals surface area contributed by atoms with Gasteiger partial charge in [0.15, 0.2) is 0 Å². The van der Waals surface area contributed by atoms with Crippen molar-refractivity contribution < 1.29 is 0 Å². The minimum Gasteiger partial charge on any atom is -0.310 e. The topological polar surface area (TPSA) is 3.24 Å². The molecule has 0 aromatic heterocycles. The van der Waals surface area contributed by atoms with Gasteiger partial charge in [-0.25, -0.2) is 0 Å². The summed E-state index contributed by atoms with van der Waals surface area (Å²) in [4.78, 5) is 2.63. The van der Waals surface area contributed by atoms with Crippen molar-refractivity contribution in [3.63, 3.8) is 0 Å². The first-order chi connectivity index (χ1) is 27.3. The Kier molecular flexibility index (Phi) is 7.06. The zero-order valence-corrected chi connectivity index (χ0v) is 32.5. The summed E-state index contributed by atoms with van der Waals surface area (Å²) < 4.78 is 0. The van der Waals surface area contributed by atoms with E-state index in [1.54, 1.807) is 0 Å². The molecule has 0 heterocycles. The van der Waals surface area contributed by atoms with Gasteiger partial charge in [0.1, 0.15) is 0 Å². The predicted molar refractivity (Wildman–Crippen MR) is 234 cm³/mol. The van der Waals surface area contributed by atoms with Crippen molar-refractivity contribution in [1.82, 2.24) is 0 Å². The average molecular weight is 720 g/mol. The molecule has 0 spiro atoms. The van der Waals surface area contributed by atoms with E-state index in [-0.39, 0.29) is 10.8 Å². The molecule has 1 heteroatoms. The molecule has 4 aliphatic rings. The van der Waals surface area contributed by atoms with Crippen molar-refractivity contribution >= 4 is 17.1 Å². The molecule has 0 amide bonds. The van der Waals surface area contributed by atoms with E-state index in [4.69, 9.17) is 0 Å². The molecule has 1 nitrogen and oxygen atoms in total. The maximum Gasteiger partial charge on any atom is 0.0714 e. The number of fused-ring (bicyclic) bond motifs is 9. The summed E-state index contributed by atoms with van der Waals surface area (Å²) in [5, 5.41) is 0. The van der Waals surface area contributed by atoms with Crippen molar-refractivity contribution in [1.29, 1.82) is 0 Å². The molecule has 0 aliphatic heterocycles. The SMILES string of the molecule is CC1(C)c2ccccc2-c2ccc(N(c3cccc4c3-c3ccccc3C4(c3ccccc3)c3ccccc3)c3cccc4c3C(C)(C)C3C=CC=CC43)cc21. The molecule has 0 saturated heterocycles. The molecule has 11 rings (SSSR count). The molecule has 0 saturated carbocycles. The second-order valence-electron chi connectivity index (χ2n) is 17.2. The molecule has 0 radical (unpaired) electrons. The third-order valence-corrected chi connectivity index (χ3v) is 13.8. The third kappa shape index (κ3) is 4.32. The third-order valence-electron chi connectivity index (χ3n) is 13.8. The van der Waals surface area contributed by atoms with Gasteiger partial charge in [0.2, 0.25) is 0 Å². The maximum absolute atomic E-state index is 2.63. The van der Waals surface area contributed by atoms with Gasteiger partial charge < -0.3 is 4.90 Å². The lowest BCUT2D eigenvalue weighted by molar-refractivity contribution is 0.395. The summed E-state index contributed by atoms with van der Waals surface area (Å²) in [5.74, 6) is 0.747. The van der Waals surface area contributed by atoms with Gasteiger partial charge in [-0.2, -0.15) is 0 Å². The highest BCUT2D eigenvalue weighted by molar-refractivity contribution is 5.98. The van der Waals surface area contributed by atoms with Gasteiger partial charge in [-0.3, -0.25) is 0 Å². The number of rotatable bonds is 5. The lowest BCUT2D eigenvalue weighted by atomic mass is 9.68. The first-order valence-corrected chi connectivity index (χ1v) is 20.2. The van der Waals surface area contributed by atoms with Gasteiger partial charge in [-0.05, 0) is 96.8 Å². The molecule has 0 bridgehead atoms. The van der Waals surface area contributed by atoms with Crippen LogP contribution in [0.3, 0.4) is 0 Å². The Bertz CT molecular complexity index is 2720. The summed E-state index contributed by atoms with van der Waals surface area (Å²) in [6.45, 7) is 9.71. The second-order valence-corrected chi connectivity index (χ2v) is 17.2. The van der Waals surface area contributed by atoms with Crippen molar-refractivity contribution in [2.45, 2.75) is 49.9 Å². The average Bonchev–Trinajstić information content (AvgIpc) is 3.77. The van der Waals surface area contributed by atoms with Crippen molar-refractivity contribution in [3.8, 4) is 22.3 Å². The molecule has 2 atom stereocenters. The van der Waals surface area contributed by atoms with Crippen LogP contribution >= 0.6 is 0 Å². The predicted octanol–water partition coefficient (Wildman–Crippen LogP) is 13.9. The van der Waals surface area contributed by atoms with Gasteiger partial charge in [0, 0.05) is 22.6 Å². The summed E-state index contributed by atoms with van der Waals surface area (Å²) in [5.41, 5.74) is 19.1. The van der Waals surface area contributed by atoms with Crippen LogP contribution in [0, 0.1) is 5.92 Å². The summed E-state index contributed by atoms with van der Waals surface area (Å²) in [6, 6.07) is 61.9. The molecule has 2 unspecified atom stereocenters. The number of allylic oxidation sites excluding steroid dienone is 4. The molecule has 56 heavy (non-hydrogen) atoms. The van der Waals surface area contributed by atoms with E-state index in [0.29, 0.717) is 11.8 Å². The molecule has 4 aliphatic carbocycles. The number of anilines is 3. The van der Waals surface area contributed by atoms with Crippen LogP contribution in [0.25, 0.3) is 22.3 Å². The van der Waals surface area contributed by atoms with Crippen molar-refractivity contribution in [2.75, 3.05) is 4.90 Å². The van der Waals surface area contributed by atoms with E-state index in [1.807, 2.05) is 0 Å². The first-order valence-electron chi connectivity index (χ1n) is 20.2. The fraction of sp³-hybridized carbons (Fsp3) is 0.164. The Morgan fingerprint density at radius 3 is 1.80 bits per heavy atom. The van der Waals surface area contributed by atoms with Crippen LogP contribution in [0.4, 0.5) is 17.1 Å². The minimum absolute atomic E-state index is 0.0873. The van der Waals surface area contributed by atoms with E-state index in [2.05, 4.69) is 221 Å². The molecule has 7 aromatic carbocycles. The fourth-order valence-corrected chi connectivity index (χ4v) is 11.4. The van der Waals surface area contributed by atoms with Crippen LogP contribution in [0.5, 0.6) is 0 Å². The van der Waals surface area contributed by atoms with E-state index in [1.165, 1.54) is 83.8 Å². The highest BCUT2D eigenvalue weighted by atomic mass is 15.2. The van der Waals surface area contributed by atoms with Crippen LogP contribution in [-0.4, -0.2) is 0 Å². The van der Waals surface area contributed by atoms with Crippen molar-refractivity contribution in [3.05, 3.63) is 233 Å². The largest absolute Gasteiger partial charge is 0.310 e. The second kappa shape index (κ2) is 11.9. The van der Waals surface area contributed by atoms with Crippen LogP contribution in [0.2, 0.25) is 0 Å². The van der Waals surface area contributed by atoms with E-state index in [0.717, 1.165) is 0 Å². The van der Waals surface area contributed by atoms with Gasteiger partial charge in [-0.15, -0.1) is 0 Å². The molecular weight excluding hydrogens is 675 g/mol. The maximum atomic E-state index is 2.63. The van der Waals surface area contributed by atoms with E-state index in [9.17, 15) is 0 Å². The van der Waals surface area contributed by atoms with Gasteiger partial charge in [0.25, 0.3) is 0 Å². The quantitative estimate of drug-likeness (QED) is 0.171. The zero-order valence-electron chi connectivity index (χ0n) is 32.5. The Morgan fingerprint density at radius 2 is 1.05 bits per heavy atom. The summed E-state index contributed by atoms with van der Waals surface area (Å²) >= 11 is 0. The smallest absolute Gasteiger partial charge is 0.0714 e. The molecule has 270 valence electrons. The van der Waals surface area contributed by atoms with Crippen LogP contribution in [0.15, 0.2) is 188 Å². The number of nitrogens with zero attached hydrogens (tertiary/aromatic N) is 1. The monoisotopic (exact) mass is 719 g/mol. The van der Waals surface area contributed by atoms with Gasteiger partial charge in [-0.1, -0.05) is 192 Å².